The van der Waals surface area contributed by atoms with Crippen LogP contribution in [-0.2, 0) is 22.4 Å². The highest BCUT2D eigenvalue weighted by Gasteiger charge is 2.25. The van der Waals surface area contributed by atoms with Crippen LogP contribution in [0.4, 0.5) is 5.69 Å². The molecule has 1 aromatic rings. The van der Waals surface area contributed by atoms with Crippen molar-refractivity contribution in [2.45, 2.75) is 19.3 Å². The van der Waals surface area contributed by atoms with Gasteiger partial charge in [0, 0.05) is 5.69 Å². The maximum absolute atomic E-state index is 11.4. The van der Waals surface area contributed by atoms with E-state index in [1.807, 2.05) is 18.2 Å². The number of hydrogen-bond acceptors (Lipinski definition) is 3. The Labute approximate surface area is 101 Å². The van der Waals surface area contributed by atoms with Gasteiger partial charge in [0.15, 0.2) is 0 Å². The third-order valence-corrected chi connectivity index (χ3v) is 2.99. The number of ether oxygens (including phenoxy) is 1. The molecule has 0 radical (unpaired) electrons. The van der Waals surface area contributed by atoms with Crippen molar-refractivity contribution in [1.82, 2.24) is 0 Å². The molecule has 0 saturated carbocycles. The molecule has 1 aliphatic carbocycles. The first-order valence-electron chi connectivity index (χ1n) is 5.16. The molecule has 2 N–H and O–H groups in total. The molecule has 2 rings (SSSR count). The van der Waals surface area contributed by atoms with Crippen LogP contribution in [-0.4, -0.2) is 13.1 Å². The Morgan fingerprint density at radius 2 is 2.19 bits per heavy atom. The molecule has 0 amide bonds. The van der Waals surface area contributed by atoms with Gasteiger partial charge in [0.1, 0.15) is 0 Å². The molecule has 1 unspecified atom stereocenters. The van der Waals surface area contributed by atoms with Gasteiger partial charge in [-0.15, -0.1) is 12.4 Å². The van der Waals surface area contributed by atoms with Crippen LogP contribution in [0, 0.1) is 5.92 Å². The number of esters is 1. The van der Waals surface area contributed by atoms with Crippen molar-refractivity contribution in [2.75, 3.05) is 12.8 Å². The average molecular weight is 242 g/mol. The van der Waals surface area contributed by atoms with E-state index < -0.39 is 0 Å². The Balaban J connectivity index is 0.00000128. The highest BCUT2D eigenvalue weighted by atomic mass is 35.5. The highest BCUT2D eigenvalue weighted by Crippen LogP contribution is 2.27. The summed E-state index contributed by atoms with van der Waals surface area (Å²) in [4.78, 5) is 11.4. The number of carbonyl (C=O) groups is 1. The van der Waals surface area contributed by atoms with E-state index in [9.17, 15) is 4.79 Å². The molecule has 0 aliphatic heterocycles. The van der Waals surface area contributed by atoms with Crippen LogP contribution in [0.25, 0.3) is 0 Å². The molecule has 4 heteroatoms. The van der Waals surface area contributed by atoms with Crippen LogP contribution < -0.4 is 5.73 Å². The topological polar surface area (TPSA) is 52.3 Å². The zero-order valence-corrected chi connectivity index (χ0v) is 10.0. The molecule has 1 aromatic carbocycles. The number of nitrogens with two attached hydrogens (primary N) is 1. The molecule has 16 heavy (non-hydrogen) atoms. The lowest BCUT2D eigenvalue weighted by molar-refractivity contribution is -0.145. The molecular formula is C12H16ClNO2. The summed E-state index contributed by atoms with van der Waals surface area (Å²) in [7, 11) is 1.45. The maximum atomic E-state index is 11.4. The number of halogens is 1. The quantitative estimate of drug-likeness (QED) is 0.604. The van der Waals surface area contributed by atoms with E-state index in [0.717, 1.165) is 24.9 Å². The number of rotatable bonds is 1. The number of hydrogen-bond donors (Lipinski definition) is 1. The summed E-state index contributed by atoms with van der Waals surface area (Å²) in [6.07, 6.45) is 2.56. The fraction of sp³-hybridized carbons (Fsp3) is 0.417. The van der Waals surface area contributed by atoms with Crippen molar-refractivity contribution in [3.05, 3.63) is 29.3 Å². The lowest BCUT2D eigenvalue weighted by Gasteiger charge is -2.22. The standard InChI is InChI=1S/C12H15NO2.ClH/c1-15-12(14)10-3-2-9-7-11(13)5-4-8(9)6-10;/h4-5,7,10H,2-3,6,13H2,1H3;1H. The molecule has 1 atom stereocenters. The monoisotopic (exact) mass is 241 g/mol. The Morgan fingerprint density at radius 3 is 2.88 bits per heavy atom. The lowest BCUT2D eigenvalue weighted by atomic mass is 9.84. The first-order valence-corrected chi connectivity index (χ1v) is 5.16. The van der Waals surface area contributed by atoms with Gasteiger partial charge in [-0.1, -0.05) is 6.07 Å². The third kappa shape index (κ3) is 2.47. The van der Waals surface area contributed by atoms with Gasteiger partial charge in [0.2, 0.25) is 0 Å². The number of nitrogen functional groups attached to an aromatic ring is 1. The number of anilines is 1. The van der Waals surface area contributed by atoms with E-state index in [-0.39, 0.29) is 24.3 Å². The van der Waals surface area contributed by atoms with E-state index in [1.54, 1.807) is 0 Å². The van der Waals surface area contributed by atoms with E-state index >= 15 is 0 Å². The Bertz CT molecular complexity index is 393. The Hall–Kier alpha value is -1.22. The summed E-state index contributed by atoms with van der Waals surface area (Å²) in [5.41, 5.74) is 9.01. The number of fused-ring (bicyclic) bond motifs is 1. The molecule has 3 nitrogen and oxygen atoms in total. The fourth-order valence-corrected chi connectivity index (χ4v) is 2.14. The minimum Gasteiger partial charge on any atom is -0.469 e. The van der Waals surface area contributed by atoms with Crippen molar-refractivity contribution in [1.29, 1.82) is 0 Å². The largest absolute Gasteiger partial charge is 0.469 e. The Kier molecular flexibility index (Phi) is 4.19. The zero-order valence-electron chi connectivity index (χ0n) is 9.23. The van der Waals surface area contributed by atoms with Gasteiger partial charge in [-0.2, -0.15) is 0 Å². The summed E-state index contributed by atoms with van der Waals surface area (Å²) in [6, 6.07) is 5.90. The van der Waals surface area contributed by atoms with Gasteiger partial charge < -0.3 is 10.5 Å². The predicted molar refractivity (Wildman–Crippen MR) is 65.6 cm³/mol. The zero-order chi connectivity index (χ0) is 10.8. The normalized spacial score (nSPS) is 18.2. The van der Waals surface area contributed by atoms with Gasteiger partial charge in [0.05, 0.1) is 13.0 Å². The molecule has 0 bridgehead atoms. The summed E-state index contributed by atoms with van der Waals surface area (Å²) in [5.74, 6) is -0.0800. The van der Waals surface area contributed by atoms with Crippen LogP contribution in [0.5, 0.6) is 0 Å². The van der Waals surface area contributed by atoms with E-state index in [0.29, 0.717) is 0 Å². The predicted octanol–water partition coefficient (Wildman–Crippen LogP) is 1.97. The van der Waals surface area contributed by atoms with Crippen LogP contribution in [0.3, 0.4) is 0 Å². The van der Waals surface area contributed by atoms with E-state index in [2.05, 4.69) is 0 Å². The van der Waals surface area contributed by atoms with Crippen LogP contribution in [0.1, 0.15) is 17.5 Å². The molecule has 0 spiro atoms. The molecule has 0 aromatic heterocycles. The van der Waals surface area contributed by atoms with Gasteiger partial charge in [-0.05, 0) is 42.5 Å². The smallest absolute Gasteiger partial charge is 0.309 e. The van der Waals surface area contributed by atoms with Crippen molar-refractivity contribution in [3.8, 4) is 0 Å². The fourth-order valence-electron chi connectivity index (χ4n) is 2.14. The summed E-state index contributed by atoms with van der Waals surface area (Å²) in [6.45, 7) is 0. The molecule has 0 saturated heterocycles. The van der Waals surface area contributed by atoms with Crippen LogP contribution in [0.15, 0.2) is 18.2 Å². The third-order valence-electron chi connectivity index (χ3n) is 2.99. The molecular weight excluding hydrogens is 226 g/mol. The van der Waals surface area contributed by atoms with Crippen molar-refractivity contribution in [3.63, 3.8) is 0 Å². The second-order valence-corrected chi connectivity index (χ2v) is 3.99. The molecule has 0 heterocycles. The molecule has 88 valence electrons. The maximum Gasteiger partial charge on any atom is 0.309 e. The molecule has 0 fully saturated rings. The SMILES string of the molecule is COC(=O)C1CCc2cc(N)ccc2C1.Cl. The van der Waals surface area contributed by atoms with Crippen molar-refractivity contribution in [2.24, 2.45) is 5.92 Å². The van der Waals surface area contributed by atoms with Gasteiger partial charge in [0.25, 0.3) is 0 Å². The lowest BCUT2D eigenvalue weighted by Crippen LogP contribution is -2.23. The summed E-state index contributed by atoms with van der Waals surface area (Å²) in [5, 5.41) is 0. The van der Waals surface area contributed by atoms with Crippen LogP contribution in [0.2, 0.25) is 0 Å². The summed E-state index contributed by atoms with van der Waals surface area (Å²) < 4.78 is 4.76. The summed E-state index contributed by atoms with van der Waals surface area (Å²) >= 11 is 0. The number of aryl methyl sites for hydroxylation is 1. The van der Waals surface area contributed by atoms with Crippen molar-refractivity contribution >= 4 is 24.1 Å². The first kappa shape index (κ1) is 12.8. The van der Waals surface area contributed by atoms with Crippen LogP contribution >= 0.6 is 12.4 Å². The van der Waals surface area contributed by atoms with Crippen molar-refractivity contribution < 1.29 is 9.53 Å². The van der Waals surface area contributed by atoms with E-state index in [4.69, 9.17) is 10.5 Å². The minimum absolute atomic E-state index is 0. The highest BCUT2D eigenvalue weighted by molar-refractivity contribution is 5.85. The van der Waals surface area contributed by atoms with Gasteiger partial charge >= 0.3 is 5.97 Å². The van der Waals surface area contributed by atoms with E-state index in [1.165, 1.54) is 18.2 Å². The first-order chi connectivity index (χ1) is 7.20. The second kappa shape index (κ2) is 5.21. The average Bonchev–Trinajstić information content (AvgIpc) is 2.27. The molecule has 1 aliphatic rings. The van der Waals surface area contributed by atoms with Gasteiger partial charge in [-0.25, -0.2) is 0 Å². The Morgan fingerprint density at radius 1 is 1.44 bits per heavy atom. The number of methoxy groups -OCH3 is 1. The number of carbonyl (C=O) groups excluding carboxylic acids is 1. The van der Waals surface area contributed by atoms with Gasteiger partial charge in [-0.3, -0.25) is 4.79 Å². The minimum atomic E-state index is -0.0996. The number of benzene rings is 1. The second-order valence-electron chi connectivity index (χ2n) is 3.99.